The predicted molar refractivity (Wildman–Crippen MR) is 130 cm³/mol. The Morgan fingerprint density at radius 3 is 2.32 bits per heavy atom. The molecular weight excluding hydrogens is 428 g/mol. The number of aromatic nitrogens is 2. The minimum absolute atomic E-state index is 0.0118. The van der Waals surface area contributed by atoms with E-state index in [9.17, 15) is 9.59 Å². The topological polar surface area (TPSA) is 84.4 Å². The second kappa shape index (κ2) is 8.56. The maximum Gasteiger partial charge on any atom is 0.253 e. The fraction of sp³-hybridized carbons (Fsp3) is 0.333. The van der Waals surface area contributed by atoms with Gasteiger partial charge in [0, 0.05) is 48.6 Å². The van der Waals surface area contributed by atoms with Crippen LogP contribution in [0.2, 0.25) is 0 Å². The molecule has 1 aromatic heterocycles. The molecule has 2 aliphatic rings. The highest BCUT2D eigenvalue weighted by atomic mass is 16.5. The second-order valence-electron chi connectivity index (χ2n) is 9.35. The molecule has 1 spiro atoms. The Balaban J connectivity index is 1.23. The van der Waals surface area contributed by atoms with Gasteiger partial charge < -0.3 is 15.0 Å². The molecule has 3 aromatic rings. The standard InChI is InChI=1S/C27H28N4O3/c1-17-4-9-24-22(14-17)23(32)16-27(34-24)10-12-31(13-11-27)25(33)20-5-7-21(8-6-20)30-26-28-18(2)15-19(3)29-26/h4-9,14-15H,10-13,16H2,1-3H3,(H,28,29,30). The van der Waals surface area contributed by atoms with Crippen LogP contribution >= 0.6 is 0 Å². The van der Waals surface area contributed by atoms with Crippen LogP contribution < -0.4 is 10.1 Å². The van der Waals surface area contributed by atoms with Crippen LogP contribution in [0.4, 0.5) is 11.6 Å². The minimum atomic E-state index is -0.518. The Morgan fingerprint density at radius 2 is 1.65 bits per heavy atom. The fourth-order valence-electron chi connectivity index (χ4n) is 4.79. The van der Waals surface area contributed by atoms with Crippen molar-refractivity contribution >= 4 is 23.3 Å². The molecule has 2 aromatic carbocycles. The van der Waals surface area contributed by atoms with Gasteiger partial charge >= 0.3 is 0 Å². The quantitative estimate of drug-likeness (QED) is 0.610. The lowest BCUT2D eigenvalue weighted by molar-refractivity contribution is -0.00572. The molecule has 0 saturated carbocycles. The summed E-state index contributed by atoms with van der Waals surface area (Å²) >= 11 is 0. The molecule has 0 bridgehead atoms. The van der Waals surface area contributed by atoms with Gasteiger partial charge in [0.05, 0.1) is 12.0 Å². The Labute approximate surface area is 199 Å². The number of ether oxygens (including phenoxy) is 1. The molecule has 1 amide bonds. The Bertz CT molecular complexity index is 1240. The molecule has 3 heterocycles. The summed E-state index contributed by atoms with van der Waals surface area (Å²) in [5, 5.41) is 3.19. The number of aryl methyl sites for hydroxylation is 3. The number of nitrogens with zero attached hydrogens (tertiary/aromatic N) is 3. The monoisotopic (exact) mass is 456 g/mol. The summed E-state index contributed by atoms with van der Waals surface area (Å²) in [5.74, 6) is 1.32. The first-order chi connectivity index (χ1) is 16.3. The zero-order valence-electron chi connectivity index (χ0n) is 19.7. The van der Waals surface area contributed by atoms with Gasteiger partial charge in [-0.25, -0.2) is 9.97 Å². The highest BCUT2D eigenvalue weighted by Crippen LogP contribution is 2.39. The molecule has 0 aliphatic carbocycles. The first-order valence-corrected chi connectivity index (χ1v) is 11.6. The van der Waals surface area contributed by atoms with Crippen LogP contribution in [0.3, 0.4) is 0 Å². The number of piperidine rings is 1. The number of Topliss-reactive ketones (excluding diaryl/α,β-unsaturated/α-hetero) is 1. The van der Waals surface area contributed by atoms with Crippen LogP contribution in [0.25, 0.3) is 0 Å². The number of carbonyl (C=O) groups is 2. The van der Waals surface area contributed by atoms with Crippen molar-refractivity contribution in [3.63, 3.8) is 0 Å². The van der Waals surface area contributed by atoms with Gasteiger partial charge in [0.1, 0.15) is 11.4 Å². The van der Waals surface area contributed by atoms with Gasteiger partial charge in [-0.2, -0.15) is 0 Å². The molecule has 7 heteroatoms. The van der Waals surface area contributed by atoms with E-state index in [2.05, 4.69) is 15.3 Å². The van der Waals surface area contributed by atoms with Gasteiger partial charge in [-0.05, 0) is 63.2 Å². The summed E-state index contributed by atoms with van der Waals surface area (Å²) in [6, 6.07) is 15.0. The number of anilines is 2. The van der Waals surface area contributed by atoms with Crippen LogP contribution in [0.15, 0.2) is 48.5 Å². The molecule has 1 fully saturated rings. The van der Waals surface area contributed by atoms with E-state index in [0.717, 1.165) is 22.6 Å². The summed E-state index contributed by atoms with van der Waals surface area (Å²) in [4.78, 5) is 36.5. The van der Waals surface area contributed by atoms with E-state index >= 15 is 0 Å². The first kappa shape index (κ1) is 22.1. The number of carbonyl (C=O) groups excluding carboxylic acids is 2. The number of rotatable bonds is 3. The van der Waals surface area contributed by atoms with Crippen LogP contribution in [-0.2, 0) is 0 Å². The Hall–Kier alpha value is -3.74. The molecule has 0 unspecified atom stereocenters. The van der Waals surface area contributed by atoms with E-state index in [-0.39, 0.29) is 11.7 Å². The smallest absolute Gasteiger partial charge is 0.253 e. The number of nitrogens with one attached hydrogen (secondary N) is 1. The van der Waals surface area contributed by atoms with Crippen molar-refractivity contribution in [2.75, 3.05) is 18.4 Å². The highest BCUT2D eigenvalue weighted by molar-refractivity contribution is 6.00. The minimum Gasteiger partial charge on any atom is -0.486 e. The van der Waals surface area contributed by atoms with Gasteiger partial charge in [-0.3, -0.25) is 9.59 Å². The number of hydrogen-bond acceptors (Lipinski definition) is 6. The van der Waals surface area contributed by atoms with Crippen LogP contribution in [-0.4, -0.2) is 45.2 Å². The molecule has 0 atom stereocenters. The van der Waals surface area contributed by atoms with E-state index in [0.29, 0.717) is 55.2 Å². The van der Waals surface area contributed by atoms with Crippen LogP contribution in [0.5, 0.6) is 5.75 Å². The molecule has 2 aliphatic heterocycles. The number of amides is 1. The maximum atomic E-state index is 13.1. The third-order valence-electron chi connectivity index (χ3n) is 6.58. The van der Waals surface area contributed by atoms with E-state index in [1.807, 2.05) is 74.2 Å². The average Bonchev–Trinajstić information content (AvgIpc) is 2.80. The lowest BCUT2D eigenvalue weighted by Gasteiger charge is -2.44. The molecule has 174 valence electrons. The van der Waals surface area contributed by atoms with Crippen molar-refractivity contribution < 1.29 is 14.3 Å². The maximum absolute atomic E-state index is 13.1. The van der Waals surface area contributed by atoms with Gasteiger partial charge in [0.2, 0.25) is 5.95 Å². The summed E-state index contributed by atoms with van der Waals surface area (Å²) < 4.78 is 6.33. The van der Waals surface area contributed by atoms with Crippen molar-refractivity contribution in [2.24, 2.45) is 0 Å². The summed E-state index contributed by atoms with van der Waals surface area (Å²) in [6.45, 7) is 6.95. The van der Waals surface area contributed by atoms with E-state index in [4.69, 9.17) is 4.74 Å². The van der Waals surface area contributed by atoms with Crippen molar-refractivity contribution in [3.8, 4) is 5.75 Å². The molecule has 7 nitrogen and oxygen atoms in total. The molecule has 1 N–H and O–H groups in total. The van der Waals surface area contributed by atoms with Gasteiger partial charge in [-0.15, -0.1) is 0 Å². The largest absolute Gasteiger partial charge is 0.486 e. The van der Waals surface area contributed by atoms with Crippen molar-refractivity contribution in [1.82, 2.24) is 14.9 Å². The number of hydrogen-bond donors (Lipinski definition) is 1. The van der Waals surface area contributed by atoms with Gasteiger partial charge in [0.25, 0.3) is 5.91 Å². The van der Waals surface area contributed by atoms with Crippen LogP contribution in [0.1, 0.15) is 56.9 Å². The zero-order valence-corrected chi connectivity index (χ0v) is 19.7. The molecule has 5 rings (SSSR count). The SMILES string of the molecule is Cc1ccc2c(c1)C(=O)CC1(CCN(C(=O)c3ccc(Nc4nc(C)cc(C)n4)cc3)CC1)O2. The van der Waals surface area contributed by atoms with E-state index in [1.165, 1.54) is 0 Å². The normalized spacial score (nSPS) is 16.7. The van der Waals surface area contributed by atoms with E-state index in [1.54, 1.807) is 0 Å². The molecule has 0 radical (unpaired) electrons. The third kappa shape index (κ3) is 4.38. The summed E-state index contributed by atoms with van der Waals surface area (Å²) in [7, 11) is 0. The third-order valence-corrected chi connectivity index (χ3v) is 6.58. The fourth-order valence-corrected chi connectivity index (χ4v) is 4.79. The highest BCUT2D eigenvalue weighted by Gasteiger charge is 2.43. The van der Waals surface area contributed by atoms with Gasteiger partial charge in [0.15, 0.2) is 5.78 Å². The zero-order chi connectivity index (χ0) is 23.9. The lowest BCUT2D eigenvalue weighted by Crippen LogP contribution is -2.52. The number of likely N-dealkylation sites (tertiary alicyclic amines) is 1. The van der Waals surface area contributed by atoms with Crippen molar-refractivity contribution in [3.05, 3.63) is 76.6 Å². The lowest BCUT2D eigenvalue weighted by atomic mass is 9.82. The van der Waals surface area contributed by atoms with Crippen molar-refractivity contribution in [1.29, 1.82) is 0 Å². The summed E-state index contributed by atoms with van der Waals surface area (Å²) in [5.41, 5.74) is 4.44. The van der Waals surface area contributed by atoms with Gasteiger partial charge in [-0.1, -0.05) is 11.6 Å². The Kier molecular flexibility index (Phi) is 5.55. The molecule has 34 heavy (non-hydrogen) atoms. The number of ketones is 1. The molecular formula is C27H28N4O3. The van der Waals surface area contributed by atoms with Crippen LogP contribution in [0, 0.1) is 20.8 Å². The molecule has 1 saturated heterocycles. The predicted octanol–water partition coefficient (Wildman–Crippen LogP) is 4.79. The Morgan fingerprint density at radius 1 is 0.971 bits per heavy atom. The second-order valence-corrected chi connectivity index (χ2v) is 9.35. The number of benzene rings is 2. The van der Waals surface area contributed by atoms with E-state index < -0.39 is 5.60 Å². The summed E-state index contributed by atoms with van der Waals surface area (Å²) in [6.07, 6.45) is 1.65. The number of fused-ring (bicyclic) bond motifs is 1. The first-order valence-electron chi connectivity index (χ1n) is 11.6. The van der Waals surface area contributed by atoms with Crippen molar-refractivity contribution in [2.45, 2.75) is 45.6 Å². The average molecular weight is 457 g/mol.